The van der Waals surface area contributed by atoms with Crippen molar-refractivity contribution >= 4 is 5.97 Å². The van der Waals surface area contributed by atoms with E-state index in [2.05, 4.69) is 0 Å². The van der Waals surface area contributed by atoms with Crippen LogP contribution in [0.25, 0.3) is 0 Å². The molecule has 2 atom stereocenters. The zero-order valence-electron chi connectivity index (χ0n) is 7.58. The Hall–Kier alpha value is -0.570. The highest BCUT2D eigenvalue weighted by atomic mass is 16.4. The predicted molar refractivity (Wildman–Crippen MR) is 44.7 cm³/mol. The van der Waals surface area contributed by atoms with Gasteiger partial charge in [-0.1, -0.05) is 13.8 Å². The van der Waals surface area contributed by atoms with Crippen LogP contribution >= 0.6 is 0 Å². The van der Waals surface area contributed by atoms with E-state index in [9.17, 15) is 4.79 Å². The molecule has 3 nitrogen and oxygen atoms in total. The van der Waals surface area contributed by atoms with E-state index in [0.717, 1.165) is 12.8 Å². The summed E-state index contributed by atoms with van der Waals surface area (Å²) in [6, 6.07) is 0. The molecule has 70 valence electrons. The van der Waals surface area contributed by atoms with Gasteiger partial charge in [0.2, 0.25) is 0 Å². The summed E-state index contributed by atoms with van der Waals surface area (Å²) in [6.07, 6.45) is 1.46. The highest BCUT2D eigenvalue weighted by Gasteiger charge is 2.51. The first-order valence-corrected chi connectivity index (χ1v) is 4.33. The van der Waals surface area contributed by atoms with E-state index in [1.807, 2.05) is 13.8 Å². The fourth-order valence-electron chi connectivity index (χ4n) is 2.08. The van der Waals surface area contributed by atoms with Gasteiger partial charge in [0.25, 0.3) is 0 Å². The third-order valence-corrected chi connectivity index (χ3v) is 3.25. The van der Waals surface area contributed by atoms with Gasteiger partial charge in [-0.15, -0.1) is 0 Å². The fourth-order valence-corrected chi connectivity index (χ4v) is 2.08. The molecule has 2 unspecified atom stereocenters. The average molecular weight is 172 g/mol. The van der Waals surface area contributed by atoms with Crippen molar-refractivity contribution in [3.8, 4) is 0 Å². The first kappa shape index (κ1) is 9.52. The molecule has 3 heteroatoms. The Morgan fingerprint density at radius 3 is 2.50 bits per heavy atom. The Balaban J connectivity index is 2.53. The Labute approximate surface area is 72.4 Å². The van der Waals surface area contributed by atoms with Crippen LogP contribution in [-0.4, -0.2) is 22.8 Å². The molecule has 0 aliphatic heterocycles. The number of aliphatic carboxylic acids is 1. The lowest BCUT2D eigenvalue weighted by Gasteiger charge is -2.50. The van der Waals surface area contributed by atoms with Crippen LogP contribution < -0.4 is 0 Å². The minimum atomic E-state index is -0.700. The first-order chi connectivity index (χ1) is 5.50. The Bertz CT molecular complexity index is 186. The number of carboxylic acid groups (broad SMARTS) is 1. The molecule has 1 rings (SSSR count). The van der Waals surface area contributed by atoms with Crippen LogP contribution in [0.2, 0.25) is 0 Å². The number of hydrogen-bond acceptors (Lipinski definition) is 2. The quantitative estimate of drug-likeness (QED) is 0.670. The summed E-state index contributed by atoms with van der Waals surface area (Å²) < 4.78 is 0. The lowest BCUT2D eigenvalue weighted by atomic mass is 9.54. The topological polar surface area (TPSA) is 57.5 Å². The lowest BCUT2D eigenvalue weighted by Crippen LogP contribution is -2.49. The van der Waals surface area contributed by atoms with Crippen molar-refractivity contribution in [2.45, 2.75) is 26.7 Å². The summed E-state index contributed by atoms with van der Waals surface area (Å²) in [5.41, 5.74) is -0.130. The van der Waals surface area contributed by atoms with Gasteiger partial charge < -0.3 is 10.2 Å². The van der Waals surface area contributed by atoms with Crippen molar-refractivity contribution in [1.29, 1.82) is 0 Å². The SMILES string of the molecule is CC1(C)C(CCO)CC1C(=O)O. The van der Waals surface area contributed by atoms with E-state index in [-0.39, 0.29) is 17.9 Å². The summed E-state index contributed by atoms with van der Waals surface area (Å²) in [6.45, 7) is 4.10. The maximum Gasteiger partial charge on any atom is 0.307 e. The summed E-state index contributed by atoms with van der Waals surface area (Å²) in [5, 5.41) is 17.5. The van der Waals surface area contributed by atoms with E-state index in [1.165, 1.54) is 0 Å². The maximum absolute atomic E-state index is 10.7. The van der Waals surface area contributed by atoms with Gasteiger partial charge in [0.05, 0.1) is 5.92 Å². The van der Waals surface area contributed by atoms with Crippen LogP contribution in [0.15, 0.2) is 0 Å². The molecule has 12 heavy (non-hydrogen) atoms. The molecule has 0 spiro atoms. The zero-order chi connectivity index (χ0) is 9.35. The number of aliphatic hydroxyl groups is 1. The number of carbonyl (C=O) groups is 1. The molecule has 0 heterocycles. The van der Waals surface area contributed by atoms with Gasteiger partial charge in [-0.2, -0.15) is 0 Å². The van der Waals surface area contributed by atoms with Crippen molar-refractivity contribution in [1.82, 2.24) is 0 Å². The normalized spacial score (nSPS) is 32.6. The Morgan fingerprint density at radius 2 is 2.17 bits per heavy atom. The van der Waals surface area contributed by atoms with E-state index in [0.29, 0.717) is 5.92 Å². The summed E-state index contributed by atoms with van der Waals surface area (Å²) >= 11 is 0. The fraction of sp³-hybridized carbons (Fsp3) is 0.889. The van der Waals surface area contributed by atoms with Crippen LogP contribution in [0.5, 0.6) is 0 Å². The van der Waals surface area contributed by atoms with Gasteiger partial charge in [0.1, 0.15) is 0 Å². The number of hydrogen-bond donors (Lipinski definition) is 2. The number of aliphatic hydroxyl groups excluding tert-OH is 1. The molecular weight excluding hydrogens is 156 g/mol. The zero-order valence-corrected chi connectivity index (χ0v) is 7.58. The predicted octanol–water partition coefficient (Wildman–Crippen LogP) is 1.12. The molecule has 0 radical (unpaired) electrons. The Kier molecular flexibility index (Phi) is 2.42. The van der Waals surface area contributed by atoms with Crippen molar-refractivity contribution in [3.63, 3.8) is 0 Å². The molecular formula is C9H16O3. The van der Waals surface area contributed by atoms with Gasteiger partial charge in [-0.3, -0.25) is 4.79 Å². The molecule has 0 amide bonds. The second-order valence-corrected chi connectivity index (χ2v) is 4.16. The molecule has 0 saturated heterocycles. The lowest BCUT2D eigenvalue weighted by molar-refractivity contribution is -0.159. The van der Waals surface area contributed by atoms with E-state index < -0.39 is 5.97 Å². The highest BCUT2D eigenvalue weighted by Crippen LogP contribution is 2.52. The van der Waals surface area contributed by atoms with Crippen molar-refractivity contribution in [3.05, 3.63) is 0 Å². The van der Waals surface area contributed by atoms with Crippen LogP contribution in [-0.2, 0) is 4.79 Å². The Morgan fingerprint density at radius 1 is 1.58 bits per heavy atom. The third-order valence-electron chi connectivity index (χ3n) is 3.25. The monoisotopic (exact) mass is 172 g/mol. The van der Waals surface area contributed by atoms with Crippen LogP contribution in [0.3, 0.4) is 0 Å². The summed E-state index contributed by atoms with van der Waals surface area (Å²) in [5.74, 6) is -0.535. The largest absolute Gasteiger partial charge is 0.481 e. The van der Waals surface area contributed by atoms with Gasteiger partial charge in [-0.05, 0) is 24.2 Å². The second kappa shape index (κ2) is 3.05. The molecule has 1 fully saturated rings. The summed E-state index contributed by atoms with van der Waals surface area (Å²) in [4.78, 5) is 10.7. The van der Waals surface area contributed by atoms with Crippen LogP contribution in [0.1, 0.15) is 26.7 Å². The molecule has 1 aliphatic rings. The first-order valence-electron chi connectivity index (χ1n) is 4.33. The van der Waals surface area contributed by atoms with Crippen molar-refractivity contribution in [2.24, 2.45) is 17.3 Å². The van der Waals surface area contributed by atoms with E-state index in [1.54, 1.807) is 0 Å². The molecule has 0 bridgehead atoms. The van der Waals surface area contributed by atoms with Gasteiger partial charge in [0, 0.05) is 6.61 Å². The van der Waals surface area contributed by atoms with Gasteiger partial charge in [0.15, 0.2) is 0 Å². The molecule has 0 aromatic heterocycles. The molecule has 2 N–H and O–H groups in total. The molecule has 1 aliphatic carbocycles. The molecule has 1 saturated carbocycles. The van der Waals surface area contributed by atoms with Crippen LogP contribution in [0.4, 0.5) is 0 Å². The van der Waals surface area contributed by atoms with Gasteiger partial charge >= 0.3 is 5.97 Å². The second-order valence-electron chi connectivity index (χ2n) is 4.16. The standard InChI is InChI=1S/C9H16O3/c1-9(2)6(3-4-10)5-7(9)8(11)12/h6-7,10H,3-5H2,1-2H3,(H,11,12). The third kappa shape index (κ3) is 1.33. The summed E-state index contributed by atoms with van der Waals surface area (Å²) in [7, 11) is 0. The number of rotatable bonds is 3. The van der Waals surface area contributed by atoms with Crippen LogP contribution in [0, 0.1) is 17.3 Å². The average Bonchev–Trinajstić information content (AvgIpc) is 1.96. The molecule has 0 aromatic carbocycles. The van der Waals surface area contributed by atoms with Gasteiger partial charge in [-0.25, -0.2) is 0 Å². The number of carboxylic acids is 1. The minimum absolute atomic E-state index is 0.130. The minimum Gasteiger partial charge on any atom is -0.481 e. The molecule has 0 aromatic rings. The smallest absolute Gasteiger partial charge is 0.307 e. The van der Waals surface area contributed by atoms with Crippen molar-refractivity contribution in [2.75, 3.05) is 6.61 Å². The van der Waals surface area contributed by atoms with E-state index in [4.69, 9.17) is 10.2 Å². The van der Waals surface area contributed by atoms with Crippen molar-refractivity contribution < 1.29 is 15.0 Å². The maximum atomic E-state index is 10.7. The highest BCUT2D eigenvalue weighted by molar-refractivity contribution is 5.72. The van der Waals surface area contributed by atoms with E-state index >= 15 is 0 Å².